The average molecular weight is 199 g/mol. The van der Waals surface area contributed by atoms with Crippen molar-refractivity contribution >= 4 is 0 Å². The molecule has 0 aliphatic rings. The highest BCUT2D eigenvalue weighted by Crippen LogP contribution is 2.21. The zero-order chi connectivity index (χ0) is 10.5. The summed E-state index contributed by atoms with van der Waals surface area (Å²) in [6.45, 7) is 0.618. The van der Waals surface area contributed by atoms with Crippen molar-refractivity contribution in [1.82, 2.24) is 4.98 Å². The predicted molar refractivity (Wildman–Crippen MR) is 60.4 cm³/mol. The largest absolute Gasteiger partial charge is 0.380 e. The third kappa shape index (κ3) is 2.22. The highest BCUT2D eigenvalue weighted by molar-refractivity contribution is 5.63. The van der Waals surface area contributed by atoms with Crippen molar-refractivity contribution in [1.29, 1.82) is 0 Å². The lowest BCUT2D eigenvalue weighted by atomic mass is 10.0. The topological polar surface area (TPSA) is 22.1 Å². The molecule has 2 heteroatoms. The maximum absolute atomic E-state index is 5.16. The first-order valence-electron chi connectivity index (χ1n) is 4.90. The first-order chi connectivity index (χ1) is 7.42. The molecule has 0 N–H and O–H groups in total. The van der Waals surface area contributed by atoms with E-state index in [4.69, 9.17) is 4.74 Å². The first-order valence-corrected chi connectivity index (χ1v) is 4.90. The van der Waals surface area contributed by atoms with E-state index < -0.39 is 0 Å². The number of methoxy groups -OCH3 is 1. The fourth-order valence-electron chi connectivity index (χ4n) is 1.57. The van der Waals surface area contributed by atoms with Crippen LogP contribution in [-0.2, 0) is 11.3 Å². The van der Waals surface area contributed by atoms with Gasteiger partial charge < -0.3 is 4.74 Å². The number of ether oxygens (including phenoxy) is 1. The molecule has 0 aliphatic heterocycles. The number of benzene rings is 1. The standard InChI is InChI=1S/C13H13NO/c1-15-10-11-6-2-3-7-12(11)13-8-4-5-9-14-13/h2-9H,10H2,1H3. The summed E-state index contributed by atoms with van der Waals surface area (Å²) in [7, 11) is 1.70. The van der Waals surface area contributed by atoms with Crippen molar-refractivity contribution < 1.29 is 4.74 Å². The third-order valence-electron chi connectivity index (χ3n) is 2.26. The number of rotatable bonds is 3. The molecule has 0 aliphatic carbocycles. The van der Waals surface area contributed by atoms with Crippen LogP contribution >= 0.6 is 0 Å². The summed E-state index contributed by atoms with van der Waals surface area (Å²) in [6, 6.07) is 14.1. The van der Waals surface area contributed by atoms with Gasteiger partial charge in [0, 0.05) is 18.9 Å². The smallest absolute Gasteiger partial charge is 0.0719 e. The van der Waals surface area contributed by atoms with Gasteiger partial charge in [-0.1, -0.05) is 30.3 Å². The van der Waals surface area contributed by atoms with Crippen LogP contribution in [-0.4, -0.2) is 12.1 Å². The normalized spacial score (nSPS) is 10.2. The van der Waals surface area contributed by atoms with Crippen LogP contribution < -0.4 is 0 Å². The van der Waals surface area contributed by atoms with E-state index in [-0.39, 0.29) is 0 Å². The summed E-state index contributed by atoms with van der Waals surface area (Å²) in [5.41, 5.74) is 3.30. The van der Waals surface area contributed by atoms with Gasteiger partial charge in [0.15, 0.2) is 0 Å². The molecular formula is C13H13NO. The molecule has 76 valence electrons. The molecule has 0 radical (unpaired) electrons. The molecule has 15 heavy (non-hydrogen) atoms. The van der Waals surface area contributed by atoms with Gasteiger partial charge in [-0.2, -0.15) is 0 Å². The quantitative estimate of drug-likeness (QED) is 0.758. The molecule has 2 aromatic rings. The van der Waals surface area contributed by atoms with Crippen LogP contribution in [0, 0.1) is 0 Å². The predicted octanol–water partition coefficient (Wildman–Crippen LogP) is 2.90. The van der Waals surface area contributed by atoms with E-state index in [0.717, 1.165) is 11.3 Å². The molecule has 0 bridgehead atoms. The van der Waals surface area contributed by atoms with Crippen molar-refractivity contribution in [3.63, 3.8) is 0 Å². The summed E-state index contributed by atoms with van der Waals surface area (Å²) in [6.07, 6.45) is 1.80. The number of nitrogens with zero attached hydrogens (tertiary/aromatic N) is 1. The van der Waals surface area contributed by atoms with E-state index >= 15 is 0 Å². The Morgan fingerprint density at radius 3 is 2.60 bits per heavy atom. The minimum absolute atomic E-state index is 0.618. The van der Waals surface area contributed by atoms with Crippen LogP contribution in [0.4, 0.5) is 0 Å². The molecular weight excluding hydrogens is 186 g/mol. The van der Waals surface area contributed by atoms with Crippen LogP contribution in [0.15, 0.2) is 48.7 Å². The van der Waals surface area contributed by atoms with Crippen molar-refractivity contribution in [3.8, 4) is 11.3 Å². The van der Waals surface area contributed by atoms with Crippen LogP contribution in [0.3, 0.4) is 0 Å². The molecule has 2 nitrogen and oxygen atoms in total. The second-order valence-electron chi connectivity index (χ2n) is 3.31. The van der Waals surface area contributed by atoms with Gasteiger partial charge in [0.1, 0.15) is 0 Å². The van der Waals surface area contributed by atoms with Gasteiger partial charge in [-0.05, 0) is 17.7 Å². The SMILES string of the molecule is COCc1ccccc1-c1ccccn1. The zero-order valence-corrected chi connectivity index (χ0v) is 8.68. The fraction of sp³-hybridized carbons (Fsp3) is 0.154. The summed E-state index contributed by atoms with van der Waals surface area (Å²) >= 11 is 0. The summed E-state index contributed by atoms with van der Waals surface area (Å²) < 4.78 is 5.16. The van der Waals surface area contributed by atoms with E-state index in [0.29, 0.717) is 6.61 Å². The van der Waals surface area contributed by atoms with Crippen molar-refractivity contribution in [2.75, 3.05) is 7.11 Å². The molecule has 1 heterocycles. The lowest BCUT2D eigenvalue weighted by molar-refractivity contribution is 0.185. The van der Waals surface area contributed by atoms with Crippen molar-refractivity contribution in [3.05, 3.63) is 54.2 Å². The van der Waals surface area contributed by atoms with Gasteiger partial charge in [0.2, 0.25) is 0 Å². The molecule has 1 aromatic carbocycles. The Balaban J connectivity index is 2.43. The lowest BCUT2D eigenvalue weighted by Gasteiger charge is -2.07. The van der Waals surface area contributed by atoms with E-state index in [1.807, 2.05) is 30.3 Å². The van der Waals surface area contributed by atoms with Crippen LogP contribution in [0.1, 0.15) is 5.56 Å². The average Bonchev–Trinajstić information content (AvgIpc) is 2.31. The molecule has 0 saturated carbocycles. The summed E-state index contributed by atoms with van der Waals surface area (Å²) in [5, 5.41) is 0. The van der Waals surface area contributed by atoms with E-state index in [9.17, 15) is 0 Å². The molecule has 0 saturated heterocycles. The van der Waals surface area contributed by atoms with E-state index in [1.165, 1.54) is 5.56 Å². The second kappa shape index (κ2) is 4.71. The first kappa shape index (κ1) is 9.87. The number of pyridine rings is 1. The lowest BCUT2D eigenvalue weighted by Crippen LogP contribution is -1.92. The molecule has 0 atom stereocenters. The number of aromatic nitrogens is 1. The summed E-state index contributed by atoms with van der Waals surface area (Å²) in [5.74, 6) is 0. The fourth-order valence-corrected chi connectivity index (χ4v) is 1.57. The van der Waals surface area contributed by atoms with Gasteiger partial charge in [0.05, 0.1) is 12.3 Å². The Morgan fingerprint density at radius 1 is 1.07 bits per heavy atom. The molecule has 0 unspecified atom stereocenters. The Hall–Kier alpha value is -1.67. The van der Waals surface area contributed by atoms with Crippen molar-refractivity contribution in [2.45, 2.75) is 6.61 Å². The number of hydrogen-bond acceptors (Lipinski definition) is 2. The Kier molecular flexibility index (Phi) is 3.10. The molecule has 0 spiro atoms. The van der Waals surface area contributed by atoms with Crippen LogP contribution in [0.2, 0.25) is 0 Å². The molecule has 0 fully saturated rings. The van der Waals surface area contributed by atoms with Gasteiger partial charge in [0.25, 0.3) is 0 Å². The molecule has 0 amide bonds. The minimum atomic E-state index is 0.618. The third-order valence-corrected chi connectivity index (χ3v) is 2.26. The molecule has 1 aromatic heterocycles. The van der Waals surface area contributed by atoms with E-state index in [2.05, 4.69) is 17.1 Å². The monoisotopic (exact) mass is 199 g/mol. The summed E-state index contributed by atoms with van der Waals surface area (Å²) in [4.78, 5) is 4.34. The number of hydrogen-bond donors (Lipinski definition) is 0. The van der Waals surface area contributed by atoms with Crippen LogP contribution in [0.5, 0.6) is 0 Å². The van der Waals surface area contributed by atoms with Gasteiger partial charge >= 0.3 is 0 Å². The highest BCUT2D eigenvalue weighted by Gasteiger charge is 2.03. The molecule has 2 rings (SSSR count). The maximum Gasteiger partial charge on any atom is 0.0719 e. The minimum Gasteiger partial charge on any atom is -0.380 e. The maximum atomic E-state index is 5.16. The van der Waals surface area contributed by atoms with E-state index in [1.54, 1.807) is 13.3 Å². The highest BCUT2D eigenvalue weighted by atomic mass is 16.5. The Morgan fingerprint density at radius 2 is 1.87 bits per heavy atom. The Bertz CT molecular complexity index is 426. The Labute approximate surface area is 89.6 Å². The second-order valence-corrected chi connectivity index (χ2v) is 3.31. The van der Waals surface area contributed by atoms with Gasteiger partial charge in [-0.15, -0.1) is 0 Å². The van der Waals surface area contributed by atoms with Gasteiger partial charge in [-0.3, -0.25) is 4.98 Å². The van der Waals surface area contributed by atoms with Crippen LogP contribution in [0.25, 0.3) is 11.3 Å². The van der Waals surface area contributed by atoms with Crippen molar-refractivity contribution in [2.24, 2.45) is 0 Å². The van der Waals surface area contributed by atoms with Gasteiger partial charge in [-0.25, -0.2) is 0 Å². The zero-order valence-electron chi connectivity index (χ0n) is 8.68.